The van der Waals surface area contributed by atoms with E-state index >= 15 is 0 Å². The monoisotopic (exact) mass is 344 g/mol. The molecule has 0 saturated heterocycles. The molecule has 1 amide bonds. The first-order valence-electron chi connectivity index (χ1n) is 7.71. The van der Waals surface area contributed by atoms with Crippen LogP contribution in [0.15, 0.2) is 24.3 Å². The number of hydrogen-bond donors (Lipinski definition) is 3. The molecule has 0 aliphatic rings. The summed E-state index contributed by atoms with van der Waals surface area (Å²) < 4.78 is 5.63. The average molecular weight is 345 g/mol. The summed E-state index contributed by atoms with van der Waals surface area (Å²) in [5, 5.41) is 15.3. The van der Waals surface area contributed by atoms with Crippen molar-refractivity contribution in [1.82, 2.24) is 10.6 Å². The summed E-state index contributed by atoms with van der Waals surface area (Å²) in [6.07, 6.45) is 0.855. The second-order valence-electron chi connectivity index (χ2n) is 6.36. The van der Waals surface area contributed by atoms with Gasteiger partial charge in [-0.25, -0.2) is 0 Å². The first-order valence-corrected chi connectivity index (χ1v) is 7.71. The maximum Gasteiger partial charge on any atom is 0.258 e. The third kappa shape index (κ3) is 8.79. The quantitative estimate of drug-likeness (QED) is 0.676. The van der Waals surface area contributed by atoms with Gasteiger partial charge in [0.05, 0.1) is 6.61 Å². The van der Waals surface area contributed by atoms with E-state index in [9.17, 15) is 9.90 Å². The summed E-state index contributed by atoms with van der Waals surface area (Å²) in [7, 11) is 0. The first kappa shape index (κ1) is 21.7. The number of carbonyl (C=O) groups is 1. The zero-order valence-corrected chi connectivity index (χ0v) is 15.2. The molecule has 0 aliphatic heterocycles. The molecular formula is C17H29ClN2O3. The lowest BCUT2D eigenvalue weighted by molar-refractivity contribution is -0.124. The van der Waals surface area contributed by atoms with Crippen molar-refractivity contribution in [2.24, 2.45) is 0 Å². The van der Waals surface area contributed by atoms with Crippen LogP contribution in [-0.4, -0.2) is 35.8 Å². The fourth-order valence-corrected chi connectivity index (χ4v) is 1.98. The van der Waals surface area contributed by atoms with Gasteiger partial charge in [0.15, 0.2) is 6.61 Å². The van der Waals surface area contributed by atoms with Crippen LogP contribution in [0.4, 0.5) is 0 Å². The molecule has 0 bridgehead atoms. The third-order valence-corrected chi connectivity index (χ3v) is 3.14. The van der Waals surface area contributed by atoms with Gasteiger partial charge in [-0.1, -0.05) is 25.1 Å². The van der Waals surface area contributed by atoms with E-state index in [1.54, 1.807) is 0 Å². The smallest absolute Gasteiger partial charge is 0.258 e. The molecule has 0 saturated carbocycles. The lowest BCUT2D eigenvalue weighted by Gasteiger charge is -2.21. The first-order chi connectivity index (χ1) is 10.4. The number of para-hydroxylation sites is 1. The minimum atomic E-state index is -0.267. The van der Waals surface area contributed by atoms with Gasteiger partial charge in [0.1, 0.15) is 5.75 Å². The van der Waals surface area contributed by atoms with Gasteiger partial charge < -0.3 is 20.5 Å². The molecule has 1 atom stereocenters. The summed E-state index contributed by atoms with van der Waals surface area (Å²) >= 11 is 0. The number of amides is 1. The highest BCUT2D eigenvalue weighted by Crippen LogP contribution is 2.18. The molecule has 1 aromatic rings. The predicted molar refractivity (Wildman–Crippen MR) is 95.1 cm³/mol. The zero-order valence-electron chi connectivity index (χ0n) is 14.4. The van der Waals surface area contributed by atoms with Crippen molar-refractivity contribution in [3.05, 3.63) is 29.8 Å². The Labute approximate surface area is 145 Å². The summed E-state index contributed by atoms with van der Waals surface area (Å²) in [6.45, 7) is 8.51. The molecule has 1 aromatic carbocycles. The van der Waals surface area contributed by atoms with E-state index in [-0.39, 0.29) is 43.1 Å². The predicted octanol–water partition coefficient (Wildman–Crippen LogP) is 2.26. The molecule has 0 heterocycles. The molecule has 0 radical (unpaired) electrons. The van der Waals surface area contributed by atoms with Gasteiger partial charge in [0, 0.05) is 23.7 Å². The largest absolute Gasteiger partial charge is 0.483 e. The molecule has 3 N–H and O–H groups in total. The van der Waals surface area contributed by atoms with Crippen molar-refractivity contribution < 1.29 is 14.6 Å². The van der Waals surface area contributed by atoms with Crippen molar-refractivity contribution in [1.29, 1.82) is 0 Å². The molecular weight excluding hydrogens is 316 g/mol. The van der Waals surface area contributed by atoms with Crippen LogP contribution in [0.5, 0.6) is 5.75 Å². The van der Waals surface area contributed by atoms with E-state index in [1.807, 2.05) is 52.0 Å². The van der Waals surface area contributed by atoms with Crippen LogP contribution in [0.2, 0.25) is 0 Å². The Morgan fingerprint density at radius 1 is 1.30 bits per heavy atom. The van der Waals surface area contributed by atoms with Crippen LogP contribution in [0.1, 0.15) is 39.7 Å². The molecule has 0 aliphatic carbocycles. The molecule has 132 valence electrons. The van der Waals surface area contributed by atoms with Crippen molar-refractivity contribution >= 4 is 18.3 Å². The number of rotatable bonds is 8. The minimum Gasteiger partial charge on any atom is -0.483 e. The highest BCUT2D eigenvalue weighted by atomic mass is 35.5. The summed E-state index contributed by atoms with van der Waals surface area (Å²) in [5.41, 5.74) is 0.703. The summed E-state index contributed by atoms with van der Waals surface area (Å²) in [4.78, 5) is 11.8. The maximum atomic E-state index is 11.8. The van der Waals surface area contributed by atoms with Crippen LogP contribution in [0.25, 0.3) is 0 Å². The molecule has 6 heteroatoms. The number of nitrogens with one attached hydrogen (secondary N) is 2. The minimum absolute atomic E-state index is 0. The topological polar surface area (TPSA) is 70.6 Å². The van der Waals surface area contributed by atoms with E-state index < -0.39 is 0 Å². The van der Waals surface area contributed by atoms with E-state index in [0.717, 1.165) is 12.0 Å². The average Bonchev–Trinajstić information content (AvgIpc) is 2.45. The summed E-state index contributed by atoms with van der Waals surface area (Å²) in [5.74, 6) is 0.545. The van der Waals surface area contributed by atoms with Crippen LogP contribution in [0, 0.1) is 0 Å². The van der Waals surface area contributed by atoms with Crippen LogP contribution >= 0.6 is 12.4 Å². The van der Waals surface area contributed by atoms with Gasteiger partial charge in [0.25, 0.3) is 5.91 Å². The number of hydrogen-bond acceptors (Lipinski definition) is 4. The van der Waals surface area contributed by atoms with Crippen molar-refractivity contribution in [3.63, 3.8) is 0 Å². The highest BCUT2D eigenvalue weighted by molar-refractivity contribution is 5.85. The van der Waals surface area contributed by atoms with Crippen LogP contribution in [0.3, 0.4) is 0 Å². The van der Waals surface area contributed by atoms with Gasteiger partial charge in [-0.2, -0.15) is 0 Å². The van der Waals surface area contributed by atoms with Crippen molar-refractivity contribution in [2.45, 2.75) is 52.2 Å². The molecule has 1 unspecified atom stereocenters. The lowest BCUT2D eigenvalue weighted by atomic mass is 10.1. The Bertz CT molecular complexity index is 471. The number of aliphatic hydroxyl groups excluding tert-OH is 1. The van der Waals surface area contributed by atoms with Crippen LogP contribution < -0.4 is 15.4 Å². The lowest BCUT2D eigenvalue weighted by Crippen LogP contribution is -2.43. The van der Waals surface area contributed by atoms with Gasteiger partial charge in [-0.15, -0.1) is 12.4 Å². The Morgan fingerprint density at radius 3 is 2.52 bits per heavy atom. The van der Waals surface area contributed by atoms with Gasteiger partial charge in [0.2, 0.25) is 0 Å². The van der Waals surface area contributed by atoms with Gasteiger partial charge in [-0.3, -0.25) is 4.79 Å². The Hall–Kier alpha value is -1.30. The van der Waals surface area contributed by atoms with Gasteiger partial charge >= 0.3 is 0 Å². The van der Waals surface area contributed by atoms with Crippen LogP contribution in [-0.2, 0) is 11.3 Å². The fraction of sp³-hybridized carbons (Fsp3) is 0.588. The van der Waals surface area contributed by atoms with E-state index in [2.05, 4.69) is 10.6 Å². The SMILES string of the molecule is CCC(CO)NCc1ccccc1OCC(=O)NC(C)(C)C.Cl. The Kier molecular flexibility index (Phi) is 9.88. The number of ether oxygens (including phenoxy) is 1. The number of carbonyl (C=O) groups excluding carboxylic acids is 1. The molecule has 0 spiro atoms. The third-order valence-electron chi connectivity index (χ3n) is 3.14. The Balaban J connectivity index is 0.00000484. The Morgan fingerprint density at radius 2 is 1.96 bits per heavy atom. The standard InChI is InChI=1S/C17H28N2O3.ClH/c1-5-14(11-20)18-10-13-8-6-7-9-15(13)22-12-16(21)19-17(2,3)4;/h6-9,14,18,20H,5,10-12H2,1-4H3,(H,19,21);1H. The second kappa shape index (κ2) is 10.5. The molecule has 0 fully saturated rings. The molecule has 23 heavy (non-hydrogen) atoms. The number of benzene rings is 1. The van der Waals surface area contributed by atoms with E-state index in [4.69, 9.17) is 4.74 Å². The summed E-state index contributed by atoms with van der Waals surface area (Å²) in [6, 6.07) is 7.68. The molecule has 0 aromatic heterocycles. The van der Waals surface area contributed by atoms with Crippen molar-refractivity contribution in [2.75, 3.05) is 13.2 Å². The number of halogens is 1. The number of aliphatic hydroxyl groups is 1. The second-order valence-corrected chi connectivity index (χ2v) is 6.36. The molecule has 1 rings (SSSR count). The fourth-order valence-electron chi connectivity index (χ4n) is 1.98. The zero-order chi connectivity index (χ0) is 16.6. The maximum absolute atomic E-state index is 11.8. The van der Waals surface area contributed by atoms with E-state index in [1.165, 1.54) is 0 Å². The normalized spacial score (nSPS) is 12.2. The van der Waals surface area contributed by atoms with Gasteiger partial charge in [-0.05, 0) is 33.3 Å². The van der Waals surface area contributed by atoms with E-state index in [0.29, 0.717) is 12.3 Å². The van der Waals surface area contributed by atoms with Crippen molar-refractivity contribution in [3.8, 4) is 5.75 Å². The highest BCUT2D eigenvalue weighted by Gasteiger charge is 2.14. The molecule has 5 nitrogen and oxygen atoms in total.